The van der Waals surface area contributed by atoms with Gasteiger partial charge in [-0.1, -0.05) is 53.2 Å². The molecule has 2 rings (SSSR count). The lowest BCUT2D eigenvalue weighted by Crippen LogP contribution is -2.17. The molecule has 0 aliphatic heterocycles. The number of oxime groups is 1. The summed E-state index contributed by atoms with van der Waals surface area (Å²) < 4.78 is 10.0. The Kier molecular flexibility index (Phi) is 6.98. The number of ether oxygens (including phenoxy) is 2. The zero-order valence-electron chi connectivity index (χ0n) is 14.4. The van der Waals surface area contributed by atoms with E-state index in [4.69, 9.17) is 25.9 Å². The van der Waals surface area contributed by atoms with Gasteiger partial charge in [0.25, 0.3) is 0 Å². The van der Waals surface area contributed by atoms with Crippen LogP contribution in [0.4, 0.5) is 0 Å². The molecule has 0 spiro atoms. The van der Waals surface area contributed by atoms with Gasteiger partial charge in [0, 0.05) is 12.1 Å². The summed E-state index contributed by atoms with van der Waals surface area (Å²) in [5.41, 5.74) is 3.14. The first-order valence-corrected chi connectivity index (χ1v) is 8.05. The van der Waals surface area contributed by atoms with Crippen LogP contribution in [0.5, 0.6) is 0 Å². The van der Waals surface area contributed by atoms with Crippen LogP contribution in [0.1, 0.15) is 29.7 Å². The number of esters is 1. The first kappa shape index (κ1) is 19.0. The maximum Gasteiger partial charge on any atom is 0.339 e. The molecule has 0 fully saturated rings. The van der Waals surface area contributed by atoms with Crippen LogP contribution in [0.3, 0.4) is 0 Å². The highest BCUT2D eigenvalue weighted by atomic mass is 35.5. The summed E-state index contributed by atoms with van der Waals surface area (Å²) in [6.45, 7) is 2.06. The molecule has 5 nitrogen and oxygen atoms in total. The van der Waals surface area contributed by atoms with Crippen LogP contribution in [0, 0.1) is 0 Å². The molecule has 1 atom stereocenters. The van der Waals surface area contributed by atoms with Gasteiger partial charge in [-0.3, -0.25) is 0 Å². The van der Waals surface area contributed by atoms with Crippen LogP contribution < -0.4 is 0 Å². The Labute approximate surface area is 152 Å². The Morgan fingerprint density at radius 1 is 1.12 bits per heavy atom. The highest BCUT2D eigenvalue weighted by Crippen LogP contribution is 2.23. The van der Waals surface area contributed by atoms with Crippen molar-refractivity contribution in [1.82, 2.24) is 0 Å². The Morgan fingerprint density at radius 2 is 1.80 bits per heavy atom. The van der Waals surface area contributed by atoms with Gasteiger partial charge in [0.05, 0.1) is 12.8 Å². The molecule has 0 saturated carbocycles. The molecule has 25 heavy (non-hydrogen) atoms. The van der Waals surface area contributed by atoms with E-state index in [1.807, 2.05) is 37.3 Å². The largest absolute Gasteiger partial charge is 0.467 e. The monoisotopic (exact) mass is 361 g/mol. The second-order valence-corrected chi connectivity index (χ2v) is 5.73. The zero-order chi connectivity index (χ0) is 18.2. The number of hydrogen-bond donors (Lipinski definition) is 0. The Balaban J connectivity index is 2.12. The number of rotatable bonds is 7. The molecule has 6 heteroatoms. The number of carbonyl (C=O) groups is 1. The van der Waals surface area contributed by atoms with E-state index in [9.17, 15) is 4.79 Å². The van der Waals surface area contributed by atoms with Crippen molar-refractivity contribution in [2.45, 2.75) is 19.6 Å². The average Bonchev–Trinajstić information content (AvgIpc) is 2.63. The fourth-order valence-electron chi connectivity index (χ4n) is 2.32. The molecule has 0 saturated heterocycles. The quantitative estimate of drug-likeness (QED) is 0.422. The normalized spacial score (nSPS) is 12.6. The van der Waals surface area contributed by atoms with Gasteiger partial charge in [0.2, 0.25) is 0 Å². The smallest absolute Gasteiger partial charge is 0.339 e. The van der Waals surface area contributed by atoms with Crippen molar-refractivity contribution in [2.24, 2.45) is 5.16 Å². The van der Waals surface area contributed by atoms with Crippen molar-refractivity contribution in [1.29, 1.82) is 0 Å². The van der Waals surface area contributed by atoms with E-state index in [-0.39, 0.29) is 6.61 Å². The molecule has 1 unspecified atom stereocenters. The molecule has 132 valence electrons. The van der Waals surface area contributed by atoms with Crippen molar-refractivity contribution in [3.05, 3.63) is 70.2 Å². The van der Waals surface area contributed by atoms with E-state index < -0.39 is 12.1 Å². The standard InChI is InChI=1S/C19H20ClNO4/c1-13(14-8-10-16(20)11-9-14)21-25-12-15-6-4-5-7-17(15)18(23-2)19(22)24-3/h4-11,18H,12H2,1-3H3/b21-13+. The predicted octanol–water partition coefficient (Wildman–Crippen LogP) is 4.14. The predicted molar refractivity (Wildman–Crippen MR) is 96.7 cm³/mol. The van der Waals surface area contributed by atoms with Gasteiger partial charge in [0.1, 0.15) is 6.61 Å². The molecule has 0 aromatic heterocycles. The third-order valence-electron chi connectivity index (χ3n) is 3.67. The number of halogens is 1. The molecular weight excluding hydrogens is 342 g/mol. The first-order valence-electron chi connectivity index (χ1n) is 7.67. The van der Waals surface area contributed by atoms with E-state index in [0.29, 0.717) is 10.6 Å². The number of benzene rings is 2. The van der Waals surface area contributed by atoms with Gasteiger partial charge in [0.15, 0.2) is 6.10 Å². The van der Waals surface area contributed by atoms with Gasteiger partial charge in [-0.2, -0.15) is 0 Å². The fraction of sp³-hybridized carbons (Fsp3) is 0.263. The van der Waals surface area contributed by atoms with Gasteiger partial charge in [-0.15, -0.1) is 0 Å². The topological polar surface area (TPSA) is 57.1 Å². The second-order valence-electron chi connectivity index (χ2n) is 5.29. The molecule has 2 aromatic rings. The summed E-state index contributed by atoms with van der Waals surface area (Å²) in [5, 5.41) is 4.79. The molecule has 0 N–H and O–H groups in total. The number of nitrogens with zero attached hydrogens (tertiary/aromatic N) is 1. The molecule has 2 aromatic carbocycles. The first-order chi connectivity index (χ1) is 12.1. The van der Waals surface area contributed by atoms with E-state index in [1.165, 1.54) is 14.2 Å². The summed E-state index contributed by atoms with van der Waals surface area (Å²) in [6, 6.07) is 14.7. The average molecular weight is 362 g/mol. The van der Waals surface area contributed by atoms with Crippen LogP contribution in [0.2, 0.25) is 5.02 Å². The number of hydrogen-bond acceptors (Lipinski definition) is 5. The third kappa shape index (κ3) is 5.05. The van der Waals surface area contributed by atoms with Crippen molar-refractivity contribution >= 4 is 23.3 Å². The summed E-state index contributed by atoms with van der Waals surface area (Å²) in [6.07, 6.45) is -0.800. The van der Waals surface area contributed by atoms with Crippen molar-refractivity contribution in [3.63, 3.8) is 0 Å². The minimum absolute atomic E-state index is 0.206. The van der Waals surface area contributed by atoms with Gasteiger partial charge in [-0.25, -0.2) is 4.79 Å². The lowest BCUT2D eigenvalue weighted by Gasteiger charge is -2.16. The van der Waals surface area contributed by atoms with E-state index in [0.717, 1.165) is 16.8 Å². The van der Waals surface area contributed by atoms with Crippen molar-refractivity contribution in [3.8, 4) is 0 Å². The Hall–Kier alpha value is -2.37. The SMILES string of the molecule is COC(=O)C(OC)c1ccccc1CO/N=C(\C)c1ccc(Cl)cc1. The Bertz CT molecular complexity index is 743. The van der Waals surface area contributed by atoms with E-state index >= 15 is 0 Å². The maximum absolute atomic E-state index is 11.9. The number of carbonyl (C=O) groups excluding carboxylic acids is 1. The van der Waals surface area contributed by atoms with Crippen LogP contribution in [-0.4, -0.2) is 25.9 Å². The van der Waals surface area contributed by atoms with Crippen LogP contribution in [-0.2, 0) is 25.7 Å². The molecule has 0 aliphatic rings. The molecule has 0 radical (unpaired) electrons. The van der Waals surface area contributed by atoms with E-state index in [2.05, 4.69) is 5.16 Å². The zero-order valence-corrected chi connectivity index (χ0v) is 15.1. The van der Waals surface area contributed by atoms with Crippen molar-refractivity contribution in [2.75, 3.05) is 14.2 Å². The lowest BCUT2D eigenvalue weighted by atomic mass is 10.0. The molecule has 0 aliphatic carbocycles. The molecule has 0 heterocycles. The van der Waals surface area contributed by atoms with Gasteiger partial charge < -0.3 is 14.3 Å². The van der Waals surface area contributed by atoms with Gasteiger partial charge in [-0.05, 0) is 35.7 Å². The molecule has 0 amide bonds. The lowest BCUT2D eigenvalue weighted by molar-refractivity contribution is -0.152. The van der Waals surface area contributed by atoms with Crippen LogP contribution in [0.25, 0.3) is 0 Å². The number of methoxy groups -OCH3 is 2. The highest BCUT2D eigenvalue weighted by Gasteiger charge is 2.23. The van der Waals surface area contributed by atoms with Crippen molar-refractivity contribution < 1.29 is 19.1 Å². The molecular formula is C19H20ClNO4. The summed E-state index contributed by atoms with van der Waals surface area (Å²) in [7, 11) is 2.79. The molecule has 0 bridgehead atoms. The van der Waals surface area contributed by atoms with Crippen LogP contribution in [0.15, 0.2) is 53.7 Å². The highest BCUT2D eigenvalue weighted by molar-refractivity contribution is 6.30. The maximum atomic E-state index is 11.9. The minimum Gasteiger partial charge on any atom is -0.467 e. The summed E-state index contributed by atoms with van der Waals surface area (Å²) in [5.74, 6) is -0.462. The summed E-state index contributed by atoms with van der Waals surface area (Å²) in [4.78, 5) is 17.3. The summed E-state index contributed by atoms with van der Waals surface area (Å²) >= 11 is 5.88. The van der Waals surface area contributed by atoms with Crippen LogP contribution >= 0.6 is 11.6 Å². The second kappa shape index (κ2) is 9.20. The Morgan fingerprint density at radius 3 is 2.44 bits per heavy atom. The minimum atomic E-state index is -0.800. The fourth-order valence-corrected chi connectivity index (χ4v) is 2.45. The van der Waals surface area contributed by atoms with E-state index in [1.54, 1.807) is 18.2 Å². The third-order valence-corrected chi connectivity index (χ3v) is 3.92. The van der Waals surface area contributed by atoms with Gasteiger partial charge >= 0.3 is 5.97 Å².